The number of hydrogen-bond acceptors (Lipinski definition) is 7. The number of anilines is 2. The van der Waals surface area contributed by atoms with Crippen molar-refractivity contribution in [2.75, 3.05) is 37.8 Å². The number of rotatable bonds is 8. The number of hydrogen-bond donors (Lipinski definition) is 3. The predicted molar refractivity (Wildman–Crippen MR) is 138 cm³/mol. The van der Waals surface area contributed by atoms with E-state index < -0.39 is 15.6 Å². The maximum atomic E-state index is 13.6. The van der Waals surface area contributed by atoms with Crippen molar-refractivity contribution in [1.29, 1.82) is 0 Å². The van der Waals surface area contributed by atoms with E-state index in [1.165, 1.54) is 20.3 Å². The number of halogens is 1. The molecule has 1 atom stereocenters. The molecule has 0 bridgehead atoms. The lowest BCUT2D eigenvalue weighted by Crippen LogP contribution is -2.34. The van der Waals surface area contributed by atoms with Crippen LogP contribution in [-0.2, 0) is 10.0 Å². The summed E-state index contributed by atoms with van der Waals surface area (Å²) in [5.41, 5.74) is 7.38. The van der Waals surface area contributed by atoms with Crippen molar-refractivity contribution in [2.45, 2.75) is 23.8 Å². The van der Waals surface area contributed by atoms with Gasteiger partial charge >= 0.3 is 0 Å². The van der Waals surface area contributed by atoms with Gasteiger partial charge in [-0.05, 0) is 49.4 Å². The Morgan fingerprint density at radius 1 is 1.03 bits per heavy atom. The molecule has 0 amide bonds. The Hall–Kier alpha value is -3.14. The minimum Gasteiger partial charge on any atom is -0.493 e. The topological polar surface area (TPSA) is 112 Å². The second-order valence-corrected chi connectivity index (χ2v) is 10.6. The van der Waals surface area contributed by atoms with Gasteiger partial charge in [0.25, 0.3) is 10.0 Å². The molecule has 0 unspecified atom stereocenters. The lowest BCUT2D eigenvalue weighted by atomic mass is 10.0. The zero-order valence-electron chi connectivity index (χ0n) is 19.7. The Balaban J connectivity index is 1.75. The van der Waals surface area contributed by atoms with Crippen molar-refractivity contribution in [3.05, 3.63) is 59.6 Å². The first-order valence-electron chi connectivity index (χ1n) is 11.0. The molecule has 4 rings (SSSR count). The van der Waals surface area contributed by atoms with Crippen molar-refractivity contribution in [1.82, 2.24) is 5.32 Å². The van der Waals surface area contributed by atoms with Gasteiger partial charge in [0.15, 0.2) is 11.5 Å². The van der Waals surface area contributed by atoms with E-state index in [2.05, 4.69) is 10.0 Å². The van der Waals surface area contributed by atoms with Crippen molar-refractivity contribution in [3.63, 3.8) is 0 Å². The van der Waals surface area contributed by atoms with Crippen LogP contribution in [0.25, 0.3) is 11.1 Å². The van der Waals surface area contributed by atoms with Gasteiger partial charge in [0.1, 0.15) is 11.4 Å². The number of nitrogens with two attached hydrogens (primary N) is 1. The number of benzene rings is 3. The van der Waals surface area contributed by atoms with Gasteiger partial charge < -0.3 is 25.3 Å². The minimum atomic E-state index is -4.07. The Morgan fingerprint density at radius 2 is 1.77 bits per heavy atom. The molecular weight excluding hydrogens is 490 g/mol. The summed E-state index contributed by atoms with van der Waals surface area (Å²) < 4.78 is 46.8. The molecule has 3 aromatic rings. The fourth-order valence-corrected chi connectivity index (χ4v) is 5.45. The molecule has 1 saturated heterocycles. The minimum absolute atomic E-state index is 0.00474. The summed E-state index contributed by atoms with van der Waals surface area (Å²) >= 11 is 6.35. The molecule has 10 heteroatoms. The number of nitrogen functional groups attached to an aromatic ring is 1. The van der Waals surface area contributed by atoms with Gasteiger partial charge in [0.05, 0.1) is 29.8 Å². The first kappa shape index (κ1) is 25.0. The van der Waals surface area contributed by atoms with E-state index >= 15 is 0 Å². The summed E-state index contributed by atoms with van der Waals surface area (Å²) in [5, 5.41) is 3.66. The number of methoxy groups -OCH3 is 2. The van der Waals surface area contributed by atoms with Crippen LogP contribution in [0.3, 0.4) is 0 Å². The number of sulfonamides is 1. The summed E-state index contributed by atoms with van der Waals surface area (Å²) in [6.45, 7) is 3.50. The first-order valence-corrected chi connectivity index (χ1v) is 12.8. The maximum absolute atomic E-state index is 13.6. The summed E-state index contributed by atoms with van der Waals surface area (Å²) in [5.74, 6) is 1.08. The van der Waals surface area contributed by atoms with Gasteiger partial charge in [-0.15, -0.1) is 0 Å². The molecular formula is C25H28ClN3O5S. The van der Waals surface area contributed by atoms with E-state index in [1.54, 1.807) is 48.5 Å². The second-order valence-electron chi connectivity index (χ2n) is 8.56. The molecule has 0 aromatic heterocycles. The van der Waals surface area contributed by atoms with Crippen LogP contribution in [0.1, 0.15) is 13.3 Å². The Labute approximate surface area is 210 Å². The van der Waals surface area contributed by atoms with E-state index in [0.717, 1.165) is 13.0 Å². The molecule has 8 nitrogen and oxygen atoms in total. The highest BCUT2D eigenvalue weighted by atomic mass is 35.5. The average molecular weight is 518 g/mol. The van der Waals surface area contributed by atoms with Crippen molar-refractivity contribution < 1.29 is 22.6 Å². The fraction of sp³-hybridized carbons (Fsp3) is 0.280. The van der Waals surface area contributed by atoms with E-state index in [0.29, 0.717) is 45.6 Å². The second kappa shape index (κ2) is 9.85. The van der Waals surface area contributed by atoms with Crippen LogP contribution in [0.5, 0.6) is 17.2 Å². The maximum Gasteiger partial charge on any atom is 0.262 e. The molecule has 1 aliphatic heterocycles. The molecule has 0 radical (unpaired) electrons. The molecule has 186 valence electrons. The van der Waals surface area contributed by atoms with Crippen LogP contribution < -0.4 is 30.0 Å². The molecule has 1 heterocycles. The Bertz CT molecular complexity index is 1340. The normalized spacial score (nSPS) is 17.7. The largest absolute Gasteiger partial charge is 0.493 e. The van der Waals surface area contributed by atoms with Gasteiger partial charge in [-0.2, -0.15) is 0 Å². The molecule has 1 aliphatic rings. The Morgan fingerprint density at radius 3 is 2.43 bits per heavy atom. The van der Waals surface area contributed by atoms with Gasteiger partial charge in [-0.3, -0.25) is 4.72 Å². The van der Waals surface area contributed by atoms with Gasteiger partial charge in [-0.1, -0.05) is 23.7 Å². The van der Waals surface area contributed by atoms with Crippen LogP contribution >= 0.6 is 11.6 Å². The monoisotopic (exact) mass is 517 g/mol. The summed E-state index contributed by atoms with van der Waals surface area (Å²) in [6.07, 6.45) is 0.814. The quantitative estimate of drug-likeness (QED) is 0.376. The van der Waals surface area contributed by atoms with Crippen molar-refractivity contribution in [3.8, 4) is 28.4 Å². The molecule has 3 aromatic carbocycles. The molecule has 0 spiro atoms. The van der Waals surface area contributed by atoms with Crippen molar-refractivity contribution >= 4 is 33.0 Å². The molecule has 1 fully saturated rings. The van der Waals surface area contributed by atoms with Crippen LogP contribution in [0.4, 0.5) is 11.4 Å². The van der Waals surface area contributed by atoms with Crippen LogP contribution in [-0.4, -0.2) is 41.3 Å². The zero-order chi connectivity index (χ0) is 25.2. The first-order chi connectivity index (χ1) is 16.6. The van der Waals surface area contributed by atoms with E-state index in [4.69, 9.17) is 31.5 Å². The summed E-state index contributed by atoms with van der Waals surface area (Å²) in [7, 11) is -1.14. The molecule has 0 saturated carbocycles. The van der Waals surface area contributed by atoms with Crippen molar-refractivity contribution in [2.24, 2.45) is 0 Å². The third-order valence-electron chi connectivity index (χ3n) is 5.84. The van der Waals surface area contributed by atoms with Gasteiger partial charge in [-0.25, -0.2) is 8.42 Å². The smallest absolute Gasteiger partial charge is 0.262 e. The summed E-state index contributed by atoms with van der Waals surface area (Å²) in [4.78, 5) is 0.00474. The van der Waals surface area contributed by atoms with E-state index in [1.807, 2.05) is 6.92 Å². The number of ether oxygens (including phenoxy) is 3. The van der Waals surface area contributed by atoms with Gasteiger partial charge in [0.2, 0.25) is 0 Å². The average Bonchev–Trinajstić information content (AvgIpc) is 3.26. The SMILES string of the molecule is COc1cc(-c2cccc(N)c2)c(S(=O)(=O)Nc2ccc(Cl)c(O[C@]3(C)CCNC3)c2)cc1OC. The zero-order valence-corrected chi connectivity index (χ0v) is 21.3. The standard InChI is InChI=1S/C25H28ClN3O5S/c1-25(9-10-28-15-25)34-21-12-18(7-8-20(21)26)29-35(30,31)24-14-23(33-3)22(32-2)13-19(24)16-5-4-6-17(27)11-16/h4-8,11-14,28-29H,9-10,15,27H2,1-3H3/t25-/m1/s1. The lowest BCUT2D eigenvalue weighted by molar-refractivity contribution is 0.111. The lowest BCUT2D eigenvalue weighted by Gasteiger charge is -2.26. The third-order valence-corrected chi connectivity index (χ3v) is 7.58. The van der Waals surface area contributed by atoms with E-state index in [-0.39, 0.29) is 10.6 Å². The predicted octanol–water partition coefficient (Wildman–Crippen LogP) is 4.54. The highest BCUT2D eigenvalue weighted by Crippen LogP contribution is 2.40. The number of nitrogens with one attached hydrogen (secondary N) is 2. The van der Waals surface area contributed by atoms with Crippen LogP contribution in [0.2, 0.25) is 5.02 Å². The van der Waals surface area contributed by atoms with Crippen LogP contribution in [0.15, 0.2) is 59.5 Å². The molecule has 0 aliphatic carbocycles. The van der Waals surface area contributed by atoms with Gasteiger partial charge in [0, 0.05) is 36.3 Å². The highest BCUT2D eigenvalue weighted by Gasteiger charge is 2.31. The molecule has 4 N–H and O–H groups in total. The van der Waals surface area contributed by atoms with E-state index in [9.17, 15) is 8.42 Å². The third kappa shape index (κ3) is 5.42. The molecule has 35 heavy (non-hydrogen) atoms. The summed E-state index contributed by atoms with van der Waals surface area (Å²) in [6, 6.07) is 14.8. The Kier molecular flexibility index (Phi) is 7.02. The van der Waals surface area contributed by atoms with Crippen LogP contribution in [0, 0.1) is 0 Å². The highest BCUT2D eigenvalue weighted by molar-refractivity contribution is 7.92. The fourth-order valence-electron chi connectivity index (χ4n) is 4.02.